The molecule has 3 N–H and O–H groups in total. The van der Waals surface area contributed by atoms with E-state index in [-0.39, 0.29) is 32.1 Å². The molecule has 1 aliphatic heterocycles. The van der Waals surface area contributed by atoms with Gasteiger partial charge < -0.3 is 15.4 Å². The highest BCUT2D eigenvalue weighted by Gasteiger charge is 2.51. The Morgan fingerprint density at radius 3 is 2.73 bits per heavy atom. The van der Waals surface area contributed by atoms with Crippen molar-refractivity contribution in [2.45, 2.75) is 37.8 Å². The number of sulfonamides is 1. The summed E-state index contributed by atoms with van der Waals surface area (Å²) in [5, 5.41) is 23.4. The molecule has 1 saturated heterocycles. The second kappa shape index (κ2) is 7.05. The van der Waals surface area contributed by atoms with Gasteiger partial charge in [-0.05, 0) is 19.9 Å². The van der Waals surface area contributed by atoms with E-state index >= 15 is 0 Å². The SMILES string of the molecule is CC(C)S(=O)(=O)N1CC(CC#N)(n2cc(-c3ncnc4c3ccn4CO)c(N)n2)C1. The van der Waals surface area contributed by atoms with Crippen molar-refractivity contribution in [1.29, 1.82) is 5.26 Å². The molecule has 3 aromatic rings. The second-order valence-electron chi connectivity index (χ2n) is 7.68. The lowest BCUT2D eigenvalue weighted by Crippen LogP contribution is -2.65. The van der Waals surface area contributed by atoms with Crippen LogP contribution in [0, 0.1) is 11.3 Å². The number of nitrogen functional groups attached to an aromatic ring is 1. The van der Waals surface area contributed by atoms with Gasteiger partial charge in [-0.25, -0.2) is 18.4 Å². The summed E-state index contributed by atoms with van der Waals surface area (Å²) in [6.45, 7) is 3.34. The summed E-state index contributed by atoms with van der Waals surface area (Å²) in [4.78, 5) is 8.54. The monoisotopic (exact) mass is 430 g/mol. The van der Waals surface area contributed by atoms with Crippen molar-refractivity contribution in [3.8, 4) is 17.3 Å². The Hall–Kier alpha value is -3.01. The van der Waals surface area contributed by atoms with Crippen molar-refractivity contribution in [2.75, 3.05) is 18.8 Å². The number of fused-ring (bicyclic) bond motifs is 1. The fourth-order valence-corrected chi connectivity index (χ4v) is 5.16. The van der Waals surface area contributed by atoms with Gasteiger partial charge in [0.1, 0.15) is 24.2 Å². The van der Waals surface area contributed by atoms with E-state index in [9.17, 15) is 18.8 Å². The molecule has 4 rings (SSSR count). The van der Waals surface area contributed by atoms with Gasteiger partial charge in [-0.2, -0.15) is 14.7 Å². The smallest absolute Gasteiger partial charge is 0.216 e. The number of nitriles is 1. The molecular weight excluding hydrogens is 408 g/mol. The lowest BCUT2D eigenvalue weighted by molar-refractivity contribution is 0.0714. The van der Waals surface area contributed by atoms with Crippen LogP contribution in [0.15, 0.2) is 24.8 Å². The third kappa shape index (κ3) is 2.94. The van der Waals surface area contributed by atoms with Crippen LogP contribution in [0.25, 0.3) is 22.3 Å². The Balaban J connectivity index is 1.74. The molecule has 0 amide bonds. The number of hydrogen-bond donors (Lipinski definition) is 2. The van der Waals surface area contributed by atoms with Gasteiger partial charge in [0.2, 0.25) is 10.0 Å². The fourth-order valence-electron chi connectivity index (χ4n) is 3.72. The number of aliphatic hydroxyl groups is 1. The topological polar surface area (TPSA) is 156 Å². The molecule has 0 aliphatic carbocycles. The van der Waals surface area contributed by atoms with Gasteiger partial charge in [-0.3, -0.25) is 4.68 Å². The molecule has 0 radical (unpaired) electrons. The molecule has 12 heteroatoms. The molecule has 11 nitrogen and oxygen atoms in total. The van der Waals surface area contributed by atoms with Crippen molar-refractivity contribution in [3.63, 3.8) is 0 Å². The van der Waals surface area contributed by atoms with Crippen molar-refractivity contribution >= 4 is 26.9 Å². The third-order valence-electron chi connectivity index (χ3n) is 5.50. The zero-order valence-electron chi connectivity index (χ0n) is 16.6. The summed E-state index contributed by atoms with van der Waals surface area (Å²) in [5.74, 6) is 0.217. The molecule has 0 unspecified atom stereocenters. The van der Waals surface area contributed by atoms with E-state index in [1.165, 1.54) is 10.6 Å². The van der Waals surface area contributed by atoms with E-state index in [0.717, 1.165) is 0 Å². The van der Waals surface area contributed by atoms with Crippen LogP contribution >= 0.6 is 0 Å². The van der Waals surface area contributed by atoms with E-state index in [0.29, 0.717) is 22.3 Å². The Kier molecular flexibility index (Phi) is 4.76. The summed E-state index contributed by atoms with van der Waals surface area (Å²) < 4.78 is 29.4. The molecule has 1 fully saturated rings. The minimum atomic E-state index is -3.42. The molecular formula is C18H22N8O3S. The Morgan fingerprint density at radius 2 is 2.10 bits per heavy atom. The van der Waals surface area contributed by atoms with E-state index in [1.54, 1.807) is 41.6 Å². The van der Waals surface area contributed by atoms with Crippen LogP contribution in [0.4, 0.5) is 5.82 Å². The van der Waals surface area contributed by atoms with Crippen LogP contribution in [0.2, 0.25) is 0 Å². The summed E-state index contributed by atoms with van der Waals surface area (Å²) >= 11 is 0. The van der Waals surface area contributed by atoms with Gasteiger partial charge in [0.15, 0.2) is 5.82 Å². The highest BCUT2D eigenvalue weighted by Crippen LogP contribution is 2.38. The minimum absolute atomic E-state index is 0.0950. The molecule has 4 heterocycles. The van der Waals surface area contributed by atoms with Crippen LogP contribution in [-0.4, -0.2) is 60.5 Å². The van der Waals surface area contributed by atoms with Gasteiger partial charge in [-0.15, -0.1) is 0 Å². The molecule has 0 bridgehead atoms. The van der Waals surface area contributed by atoms with Gasteiger partial charge in [0.05, 0.1) is 29.0 Å². The molecule has 0 saturated carbocycles. The van der Waals surface area contributed by atoms with Gasteiger partial charge in [-0.1, -0.05) is 0 Å². The number of nitrogens with zero attached hydrogens (tertiary/aromatic N) is 7. The third-order valence-corrected chi connectivity index (χ3v) is 7.67. The fraction of sp³-hybridized carbons (Fsp3) is 0.444. The predicted octanol–water partition coefficient (Wildman–Crippen LogP) is 0.490. The average Bonchev–Trinajstić information content (AvgIpc) is 3.27. The van der Waals surface area contributed by atoms with Crippen molar-refractivity contribution in [1.82, 2.24) is 28.6 Å². The number of aliphatic hydroxyl groups excluding tert-OH is 1. The Morgan fingerprint density at radius 1 is 1.37 bits per heavy atom. The zero-order chi connectivity index (χ0) is 21.7. The number of aromatic nitrogens is 5. The number of anilines is 1. The maximum atomic E-state index is 12.5. The molecule has 1 aliphatic rings. The second-order valence-corrected chi connectivity index (χ2v) is 10.2. The van der Waals surface area contributed by atoms with E-state index in [1.807, 2.05) is 0 Å². The van der Waals surface area contributed by atoms with Crippen molar-refractivity contribution < 1.29 is 13.5 Å². The van der Waals surface area contributed by atoms with Crippen LogP contribution in [0.3, 0.4) is 0 Å². The first-order valence-electron chi connectivity index (χ1n) is 9.36. The van der Waals surface area contributed by atoms with Crippen LogP contribution in [-0.2, 0) is 22.3 Å². The largest absolute Gasteiger partial charge is 0.382 e. The average molecular weight is 430 g/mol. The van der Waals surface area contributed by atoms with E-state index in [4.69, 9.17) is 5.73 Å². The van der Waals surface area contributed by atoms with Crippen LogP contribution in [0.1, 0.15) is 20.3 Å². The standard InChI is InChI=1S/C18H22N8O3S/c1-12(2)30(28,29)25-8-18(9-25,4-5-19)26-7-14(16(20)23-26)15-13-3-6-24(11-27)17(13)22-10-21-15/h3,6-7,10,12,27H,4,8-9,11H2,1-2H3,(H2,20,23). The molecule has 0 aromatic carbocycles. The zero-order valence-corrected chi connectivity index (χ0v) is 17.4. The van der Waals surface area contributed by atoms with E-state index < -0.39 is 20.8 Å². The van der Waals surface area contributed by atoms with Gasteiger partial charge in [0.25, 0.3) is 0 Å². The number of nitrogens with two attached hydrogens (primary N) is 1. The maximum absolute atomic E-state index is 12.5. The first-order chi connectivity index (χ1) is 14.2. The predicted molar refractivity (Wildman–Crippen MR) is 109 cm³/mol. The first kappa shape index (κ1) is 20.3. The van der Waals surface area contributed by atoms with Gasteiger partial charge >= 0.3 is 0 Å². The molecule has 30 heavy (non-hydrogen) atoms. The molecule has 158 valence electrons. The highest BCUT2D eigenvalue weighted by molar-refractivity contribution is 7.89. The summed E-state index contributed by atoms with van der Waals surface area (Å²) in [7, 11) is -3.42. The number of hydrogen-bond acceptors (Lipinski definition) is 8. The Bertz CT molecular complexity index is 1250. The Labute approximate surface area is 173 Å². The lowest BCUT2D eigenvalue weighted by Gasteiger charge is -2.48. The molecule has 0 atom stereocenters. The molecule has 0 spiro atoms. The normalized spacial score (nSPS) is 16.6. The number of rotatable bonds is 6. The lowest BCUT2D eigenvalue weighted by atomic mass is 9.89. The quantitative estimate of drug-likeness (QED) is 0.572. The summed E-state index contributed by atoms with van der Waals surface area (Å²) in [5.41, 5.74) is 7.06. The summed E-state index contributed by atoms with van der Waals surface area (Å²) in [6, 6.07) is 3.92. The van der Waals surface area contributed by atoms with Crippen LogP contribution < -0.4 is 5.73 Å². The van der Waals surface area contributed by atoms with Crippen molar-refractivity contribution in [2.24, 2.45) is 0 Å². The van der Waals surface area contributed by atoms with E-state index in [2.05, 4.69) is 21.1 Å². The van der Waals surface area contributed by atoms with Crippen LogP contribution in [0.5, 0.6) is 0 Å². The molecule has 3 aromatic heterocycles. The van der Waals surface area contributed by atoms with Crippen molar-refractivity contribution in [3.05, 3.63) is 24.8 Å². The maximum Gasteiger partial charge on any atom is 0.216 e. The highest BCUT2D eigenvalue weighted by atomic mass is 32.2. The minimum Gasteiger partial charge on any atom is -0.382 e. The van der Waals surface area contributed by atoms with Gasteiger partial charge in [0, 0.05) is 30.9 Å². The first-order valence-corrected chi connectivity index (χ1v) is 10.9. The summed E-state index contributed by atoms with van der Waals surface area (Å²) in [6.07, 6.45) is 4.87.